The van der Waals surface area contributed by atoms with Crippen molar-refractivity contribution in [1.82, 2.24) is 9.97 Å². The van der Waals surface area contributed by atoms with Crippen LogP contribution >= 0.6 is 0 Å². The number of hydrogen-bond acceptors (Lipinski definition) is 4. The van der Waals surface area contributed by atoms with Crippen LogP contribution in [0.2, 0.25) is 0 Å². The lowest BCUT2D eigenvalue weighted by molar-refractivity contribution is 0.630. The molecule has 5 heteroatoms. The maximum Gasteiger partial charge on any atom is 0.146 e. The summed E-state index contributed by atoms with van der Waals surface area (Å²) in [7, 11) is 1.81. The Kier molecular flexibility index (Phi) is 4.17. The van der Waals surface area contributed by atoms with Gasteiger partial charge in [-0.25, -0.2) is 14.4 Å². The molecule has 20 heavy (non-hydrogen) atoms. The zero-order chi connectivity index (χ0) is 14.7. The van der Waals surface area contributed by atoms with Gasteiger partial charge in [0.15, 0.2) is 0 Å². The highest BCUT2D eigenvalue weighted by Crippen LogP contribution is 2.27. The zero-order valence-corrected chi connectivity index (χ0v) is 12.2. The van der Waals surface area contributed by atoms with E-state index in [-0.39, 0.29) is 5.82 Å². The van der Waals surface area contributed by atoms with Crippen molar-refractivity contribution < 1.29 is 4.39 Å². The Labute approximate surface area is 118 Å². The molecule has 4 nitrogen and oxygen atoms in total. The molecule has 0 spiro atoms. The van der Waals surface area contributed by atoms with Gasteiger partial charge in [0.2, 0.25) is 0 Å². The summed E-state index contributed by atoms with van der Waals surface area (Å²) in [6.07, 6.45) is 0.722. The van der Waals surface area contributed by atoms with Gasteiger partial charge < -0.3 is 10.6 Å². The SMILES string of the molecule is CCc1nc(NC)c(C)c(Nc2c(C)cccc2F)n1. The number of aromatic nitrogens is 2. The van der Waals surface area contributed by atoms with E-state index in [1.165, 1.54) is 6.07 Å². The summed E-state index contributed by atoms with van der Waals surface area (Å²) in [6, 6.07) is 4.99. The first-order valence-electron chi connectivity index (χ1n) is 6.64. The van der Waals surface area contributed by atoms with Crippen molar-refractivity contribution in [3.05, 3.63) is 41.0 Å². The summed E-state index contributed by atoms with van der Waals surface area (Å²) in [5.41, 5.74) is 2.16. The van der Waals surface area contributed by atoms with Crippen molar-refractivity contribution in [2.75, 3.05) is 17.7 Å². The first-order chi connectivity index (χ1) is 9.56. The molecule has 0 aliphatic heterocycles. The van der Waals surface area contributed by atoms with Crippen LogP contribution < -0.4 is 10.6 Å². The molecule has 1 heterocycles. The first kappa shape index (κ1) is 14.2. The van der Waals surface area contributed by atoms with Crippen molar-refractivity contribution in [1.29, 1.82) is 0 Å². The van der Waals surface area contributed by atoms with Gasteiger partial charge in [-0.05, 0) is 25.5 Å². The molecule has 0 radical (unpaired) electrons. The summed E-state index contributed by atoms with van der Waals surface area (Å²) < 4.78 is 13.9. The van der Waals surface area contributed by atoms with Gasteiger partial charge in [-0.3, -0.25) is 0 Å². The molecular weight excluding hydrogens is 255 g/mol. The van der Waals surface area contributed by atoms with Crippen LogP contribution in [0.15, 0.2) is 18.2 Å². The van der Waals surface area contributed by atoms with Crippen LogP contribution in [-0.2, 0) is 6.42 Å². The van der Waals surface area contributed by atoms with Crippen LogP contribution in [0.4, 0.5) is 21.7 Å². The smallest absolute Gasteiger partial charge is 0.146 e. The molecule has 2 aromatic rings. The maximum absolute atomic E-state index is 13.9. The van der Waals surface area contributed by atoms with Gasteiger partial charge in [0.05, 0.1) is 5.69 Å². The molecule has 0 atom stereocenters. The summed E-state index contributed by atoms with van der Waals surface area (Å²) in [4.78, 5) is 8.85. The molecule has 0 saturated carbocycles. The Bertz CT molecular complexity index is 605. The Morgan fingerprint density at radius 1 is 1.15 bits per heavy atom. The van der Waals surface area contributed by atoms with E-state index in [4.69, 9.17) is 0 Å². The minimum atomic E-state index is -0.285. The summed E-state index contributed by atoms with van der Waals surface area (Å²) in [5.74, 6) is 1.83. The number of rotatable bonds is 4. The summed E-state index contributed by atoms with van der Waals surface area (Å²) in [6.45, 7) is 5.76. The maximum atomic E-state index is 13.9. The lowest BCUT2D eigenvalue weighted by atomic mass is 10.2. The fourth-order valence-electron chi connectivity index (χ4n) is 1.99. The molecule has 106 valence electrons. The Morgan fingerprint density at radius 2 is 1.85 bits per heavy atom. The average molecular weight is 274 g/mol. The van der Waals surface area contributed by atoms with Crippen LogP contribution in [0.1, 0.15) is 23.9 Å². The van der Waals surface area contributed by atoms with Gasteiger partial charge >= 0.3 is 0 Å². The zero-order valence-electron chi connectivity index (χ0n) is 12.2. The molecule has 0 unspecified atom stereocenters. The van der Waals surface area contributed by atoms with Gasteiger partial charge in [0.25, 0.3) is 0 Å². The van der Waals surface area contributed by atoms with Crippen molar-refractivity contribution >= 4 is 17.3 Å². The predicted molar refractivity (Wildman–Crippen MR) is 80.1 cm³/mol. The predicted octanol–water partition coefficient (Wildman–Crippen LogP) is 3.58. The topological polar surface area (TPSA) is 49.8 Å². The molecule has 2 rings (SSSR count). The van der Waals surface area contributed by atoms with E-state index in [1.54, 1.807) is 6.07 Å². The van der Waals surface area contributed by atoms with Crippen LogP contribution in [0, 0.1) is 19.7 Å². The lowest BCUT2D eigenvalue weighted by Crippen LogP contribution is -2.08. The second-order valence-electron chi connectivity index (χ2n) is 4.62. The van der Waals surface area contributed by atoms with Crippen LogP contribution in [0.5, 0.6) is 0 Å². The Hall–Kier alpha value is -2.17. The fourth-order valence-corrected chi connectivity index (χ4v) is 1.99. The van der Waals surface area contributed by atoms with E-state index in [0.29, 0.717) is 11.5 Å². The number of halogens is 1. The van der Waals surface area contributed by atoms with E-state index in [0.717, 1.165) is 29.2 Å². The van der Waals surface area contributed by atoms with Crippen molar-refractivity contribution in [2.45, 2.75) is 27.2 Å². The molecule has 0 fully saturated rings. The highest BCUT2D eigenvalue weighted by molar-refractivity contribution is 5.67. The van der Waals surface area contributed by atoms with Crippen molar-refractivity contribution in [2.24, 2.45) is 0 Å². The highest BCUT2D eigenvalue weighted by Gasteiger charge is 2.12. The molecule has 2 N–H and O–H groups in total. The second kappa shape index (κ2) is 5.86. The molecule has 1 aromatic heterocycles. The van der Waals surface area contributed by atoms with Crippen LogP contribution in [-0.4, -0.2) is 17.0 Å². The standard InChI is InChI=1S/C15H19FN4/c1-5-12-18-14(17-4)10(3)15(19-12)20-13-9(2)7-6-8-11(13)16/h6-8H,5H2,1-4H3,(H2,17,18,19,20). The highest BCUT2D eigenvalue weighted by atomic mass is 19.1. The lowest BCUT2D eigenvalue weighted by Gasteiger charge is -2.15. The fraction of sp³-hybridized carbons (Fsp3) is 0.333. The minimum Gasteiger partial charge on any atom is -0.373 e. The molecule has 0 aliphatic rings. The van der Waals surface area contributed by atoms with Crippen molar-refractivity contribution in [3.63, 3.8) is 0 Å². The van der Waals surface area contributed by atoms with E-state index in [2.05, 4.69) is 20.6 Å². The average Bonchev–Trinajstić information content (AvgIpc) is 2.44. The van der Waals surface area contributed by atoms with Gasteiger partial charge in [0.1, 0.15) is 23.3 Å². The third-order valence-electron chi connectivity index (χ3n) is 3.21. The van der Waals surface area contributed by atoms with Crippen LogP contribution in [0.25, 0.3) is 0 Å². The number of benzene rings is 1. The number of nitrogens with zero attached hydrogens (tertiary/aromatic N) is 2. The van der Waals surface area contributed by atoms with Crippen LogP contribution in [0.3, 0.4) is 0 Å². The second-order valence-corrected chi connectivity index (χ2v) is 4.62. The van der Waals surface area contributed by atoms with E-state index >= 15 is 0 Å². The molecular formula is C15H19FN4. The van der Waals surface area contributed by atoms with E-state index in [1.807, 2.05) is 33.9 Å². The largest absolute Gasteiger partial charge is 0.373 e. The number of hydrogen-bond donors (Lipinski definition) is 2. The molecule has 1 aromatic carbocycles. The number of para-hydroxylation sites is 1. The van der Waals surface area contributed by atoms with E-state index < -0.39 is 0 Å². The third-order valence-corrected chi connectivity index (χ3v) is 3.21. The molecule has 0 saturated heterocycles. The first-order valence-corrected chi connectivity index (χ1v) is 6.64. The molecule has 0 amide bonds. The molecule has 0 bridgehead atoms. The number of anilines is 3. The molecule has 0 aliphatic carbocycles. The van der Waals surface area contributed by atoms with Gasteiger partial charge in [0, 0.05) is 19.0 Å². The summed E-state index contributed by atoms with van der Waals surface area (Å²) >= 11 is 0. The van der Waals surface area contributed by atoms with Gasteiger partial charge in [-0.1, -0.05) is 19.1 Å². The van der Waals surface area contributed by atoms with Gasteiger partial charge in [-0.2, -0.15) is 0 Å². The monoisotopic (exact) mass is 274 g/mol. The Morgan fingerprint density at radius 3 is 2.45 bits per heavy atom. The number of aryl methyl sites for hydroxylation is 2. The third kappa shape index (κ3) is 2.71. The summed E-state index contributed by atoms with van der Waals surface area (Å²) in [5, 5.41) is 6.13. The quantitative estimate of drug-likeness (QED) is 0.894. The van der Waals surface area contributed by atoms with Gasteiger partial charge in [-0.15, -0.1) is 0 Å². The Balaban J connectivity index is 2.48. The normalized spacial score (nSPS) is 10.4. The number of nitrogens with one attached hydrogen (secondary N) is 2. The van der Waals surface area contributed by atoms with Crippen molar-refractivity contribution in [3.8, 4) is 0 Å². The van der Waals surface area contributed by atoms with E-state index in [9.17, 15) is 4.39 Å². The minimum absolute atomic E-state index is 0.285.